The van der Waals surface area contributed by atoms with E-state index >= 15 is 0 Å². The summed E-state index contributed by atoms with van der Waals surface area (Å²) in [6.45, 7) is 1.26. The van der Waals surface area contributed by atoms with E-state index in [1.807, 2.05) is 11.0 Å². The van der Waals surface area contributed by atoms with Crippen LogP contribution in [0.25, 0.3) is 0 Å². The van der Waals surface area contributed by atoms with Crippen molar-refractivity contribution in [2.75, 3.05) is 31.1 Å². The molecule has 3 rings (SSSR count). The predicted molar refractivity (Wildman–Crippen MR) is 77.8 cm³/mol. The number of amides is 1. The Labute approximate surface area is 132 Å². The van der Waals surface area contributed by atoms with E-state index in [1.54, 1.807) is 0 Å². The fourth-order valence-corrected chi connectivity index (χ4v) is 3.11. The molecule has 1 unspecified atom stereocenters. The van der Waals surface area contributed by atoms with Gasteiger partial charge < -0.3 is 9.80 Å². The first-order valence-corrected chi connectivity index (χ1v) is 7.63. The van der Waals surface area contributed by atoms with Crippen LogP contribution < -0.4 is 4.90 Å². The average molecular weight is 321 g/mol. The van der Waals surface area contributed by atoms with Gasteiger partial charge in [-0.1, -0.05) is 0 Å². The lowest BCUT2D eigenvalue weighted by molar-refractivity contribution is -0.140. The Hall–Kier alpha value is -2.30. The van der Waals surface area contributed by atoms with Crippen LogP contribution in [0, 0.1) is 17.2 Å². The van der Waals surface area contributed by atoms with Crippen LogP contribution in [0.15, 0.2) is 12.4 Å². The first kappa shape index (κ1) is 15.6. The molecule has 1 atom stereocenters. The highest BCUT2D eigenvalue weighted by molar-refractivity contribution is 5.80. The van der Waals surface area contributed by atoms with E-state index in [0.29, 0.717) is 25.3 Å². The van der Waals surface area contributed by atoms with Crippen molar-refractivity contribution in [3.05, 3.63) is 18.1 Å². The summed E-state index contributed by atoms with van der Waals surface area (Å²) in [6.07, 6.45) is 3.07. The number of carbonyl (C=O) groups is 1. The number of likely N-dealkylation sites (tertiary alicyclic amines) is 1. The molecule has 1 aromatic heterocycles. The van der Waals surface area contributed by atoms with E-state index in [4.69, 9.17) is 5.26 Å². The van der Waals surface area contributed by atoms with Gasteiger partial charge in [-0.05, 0) is 6.42 Å². The molecule has 2 saturated heterocycles. The minimum absolute atomic E-state index is 0.0783. The summed E-state index contributed by atoms with van der Waals surface area (Å²) in [5.74, 6) is -2.49. The van der Waals surface area contributed by atoms with Crippen molar-refractivity contribution in [3.63, 3.8) is 0 Å². The molecule has 2 fully saturated rings. The zero-order valence-electron chi connectivity index (χ0n) is 12.6. The number of hydrogen-bond acceptors (Lipinski definition) is 5. The summed E-state index contributed by atoms with van der Waals surface area (Å²) >= 11 is 0. The number of aromatic nitrogens is 2. The fourth-order valence-electron chi connectivity index (χ4n) is 3.11. The van der Waals surface area contributed by atoms with Crippen LogP contribution in [0.4, 0.5) is 14.6 Å². The Morgan fingerprint density at radius 1 is 1.26 bits per heavy atom. The molecule has 0 saturated carbocycles. The van der Waals surface area contributed by atoms with Crippen molar-refractivity contribution >= 4 is 11.7 Å². The SMILES string of the molecule is N#Cc1nccnc1N1CCC(C(=O)N2CCC(F)(F)CC2)C1. The van der Waals surface area contributed by atoms with Gasteiger partial charge in [-0.15, -0.1) is 0 Å². The molecule has 0 N–H and O–H groups in total. The first-order valence-electron chi connectivity index (χ1n) is 7.63. The summed E-state index contributed by atoms with van der Waals surface area (Å²) < 4.78 is 26.4. The number of carbonyl (C=O) groups excluding carboxylic acids is 1. The quantitative estimate of drug-likeness (QED) is 0.824. The van der Waals surface area contributed by atoms with Gasteiger partial charge in [-0.2, -0.15) is 5.26 Å². The maximum atomic E-state index is 13.2. The van der Waals surface area contributed by atoms with Crippen molar-refractivity contribution in [1.29, 1.82) is 5.26 Å². The minimum atomic E-state index is -2.65. The Morgan fingerprint density at radius 3 is 2.65 bits per heavy atom. The van der Waals surface area contributed by atoms with Gasteiger partial charge in [0, 0.05) is 51.4 Å². The lowest BCUT2D eigenvalue weighted by Crippen LogP contribution is -2.45. The van der Waals surface area contributed by atoms with Crippen molar-refractivity contribution in [3.8, 4) is 6.07 Å². The second kappa shape index (κ2) is 6.07. The molecule has 0 radical (unpaired) electrons. The molecule has 0 bridgehead atoms. The maximum absolute atomic E-state index is 13.2. The van der Waals surface area contributed by atoms with Crippen molar-refractivity contribution in [2.24, 2.45) is 5.92 Å². The number of halogens is 2. The smallest absolute Gasteiger partial charge is 0.251 e. The normalized spacial score (nSPS) is 23.6. The number of alkyl halides is 2. The van der Waals surface area contributed by atoms with Crippen molar-refractivity contribution in [2.45, 2.75) is 25.2 Å². The standard InChI is InChI=1S/C15H17F2N5O/c16-15(17)2-7-21(8-3-15)14(23)11-1-6-22(10-11)13-12(9-18)19-4-5-20-13/h4-5,11H,1-3,6-8,10H2. The monoisotopic (exact) mass is 321 g/mol. The van der Waals surface area contributed by atoms with Gasteiger partial charge in [0.25, 0.3) is 5.92 Å². The molecule has 1 aromatic rings. The molecule has 3 heterocycles. The Kier molecular flexibility index (Phi) is 4.11. The van der Waals surface area contributed by atoms with Gasteiger partial charge in [0.1, 0.15) is 6.07 Å². The number of rotatable bonds is 2. The molecule has 2 aliphatic heterocycles. The van der Waals surface area contributed by atoms with E-state index in [2.05, 4.69) is 9.97 Å². The zero-order valence-corrected chi connectivity index (χ0v) is 12.6. The fraction of sp³-hybridized carbons (Fsp3) is 0.600. The zero-order chi connectivity index (χ0) is 16.4. The number of nitriles is 1. The van der Waals surface area contributed by atoms with Crippen LogP contribution in [0.5, 0.6) is 0 Å². The van der Waals surface area contributed by atoms with Crippen LogP contribution in [0.2, 0.25) is 0 Å². The first-order chi connectivity index (χ1) is 11.0. The van der Waals surface area contributed by atoms with Crippen molar-refractivity contribution in [1.82, 2.24) is 14.9 Å². The van der Waals surface area contributed by atoms with Gasteiger partial charge in [0.2, 0.25) is 5.91 Å². The molecule has 1 amide bonds. The molecule has 6 nitrogen and oxygen atoms in total. The third kappa shape index (κ3) is 3.23. The van der Waals surface area contributed by atoms with Crippen LogP contribution in [0.1, 0.15) is 25.0 Å². The second-order valence-corrected chi connectivity index (χ2v) is 5.95. The van der Waals surface area contributed by atoms with Crippen molar-refractivity contribution < 1.29 is 13.6 Å². The summed E-state index contributed by atoms with van der Waals surface area (Å²) in [5.41, 5.74) is 0.234. The number of piperidine rings is 1. The largest absolute Gasteiger partial charge is 0.353 e. The molecular formula is C15H17F2N5O. The highest BCUT2D eigenvalue weighted by Crippen LogP contribution is 2.30. The molecule has 0 aromatic carbocycles. The van der Waals surface area contributed by atoms with Gasteiger partial charge in [-0.25, -0.2) is 18.7 Å². The van der Waals surface area contributed by atoms with Gasteiger partial charge in [0.15, 0.2) is 11.5 Å². The van der Waals surface area contributed by atoms with Gasteiger partial charge in [0.05, 0.1) is 5.92 Å². The third-order valence-electron chi connectivity index (χ3n) is 4.43. The summed E-state index contributed by atoms with van der Waals surface area (Å²) in [6, 6.07) is 1.99. The van der Waals surface area contributed by atoms with Gasteiger partial charge >= 0.3 is 0 Å². The number of nitrogens with zero attached hydrogens (tertiary/aromatic N) is 5. The van der Waals surface area contributed by atoms with E-state index in [9.17, 15) is 13.6 Å². The molecule has 2 aliphatic rings. The molecule has 0 spiro atoms. The second-order valence-electron chi connectivity index (χ2n) is 5.95. The Bertz CT molecular complexity index is 635. The lowest BCUT2D eigenvalue weighted by Gasteiger charge is -2.33. The molecule has 23 heavy (non-hydrogen) atoms. The third-order valence-corrected chi connectivity index (χ3v) is 4.43. The number of anilines is 1. The minimum Gasteiger partial charge on any atom is -0.353 e. The van der Waals surface area contributed by atoms with E-state index in [1.165, 1.54) is 17.3 Å². The summed E-state index contributed by atoms with van der Waals surface area (Å²) in [7, 11) is 0. The van der Waals surface area contributed by atoms with Crippen LogP contribution in [-0.4, -0.2) is 52.9 Å². The highest BCUT2D eigenvalue weighted by atomic mass is 19.3. The lowest BCUT2D eigenvalue weighted by atomic mass is 10.0. The van der Waals surface area contributed by atoms with E-state index < -0.39 is 5.92 Å². The maximum Gasteiger partial charge on any atom is 0.251 e. The van der Waals surface area contributed by atoms with Gasteiger partial charge in [-0.3, -0.25) is 4.79 Å². The Morgan fingerprint density at radius 2 is 1.96 bits per heavy atom. The topological polar surface area (TPSA) is 73.1 Å². The molecule has 0 aliphatic carbocycles. The van der Waals surface area contributed by atoms with Crippen LogP contribution in [0.3, 0.4) is 0 Å². The Balaban J connectivity index is 1.64. The van der Waals surface area contributed by atoms with E-state index in [0.717, 1.165) is 0 Å². The van der Waals surface area contributed by atoms with Crippen LogP contribution >= 0.6 is 0 Å². The average Bonchev–Trinajstić information content (AvgIpc) is 3.04. The summed E-state index contributed by atoms with van der Waals surface area (Å²) in [5, 5.41) is 9.08. The molecule has 8 heteroatoms. The number of hydrogen-bond donors (Lipinski definition) is 0. The predicted octanol–water partition coefficient (Wildman–Crippen LogP) is 1.43. The van der Waals surface area contributed by atoms with E-state index in [-0.39, 0.29) is 43.5 Å². The molecule has 122 valence electrons. The summed E-state index contributed by atoms with van der Waals surface area (Å²) in [4.78, 5) is 24.0. The van der Waals surface area contributed by atoms with Crippen LogP contribution in [-0.2, 0) is 4.79 Å². The molecular weight excluding hydrogens is 304 g/mol. The highest BCUT2D eigenvalue weighted by Gasteiger charge is 2.39.